The number of nitrogens with zero attached hydrogens (tertiary/aromatic N) is 2. The first-order chi connectivity index (χ1) is 10.8. The average Bonchev–Trinajstić information content (AvgIpc) is 2.48. The van der Waals surface area contributed by atoms with Gasteiger partial charge in [0.25, 0.3) is 11.2 Å². The van der Waals surface area contributed by atoms with Crippen LogP contribution in [-0.4, -0.2) is 20.6 Å². The molecule has 23 heavy (non-hydrogen) atoms. The van der Waals surface area contributed by atoms with Gasteiger partial charge in [0.2, 0.25) is 0 Å². The molecule has 1 aromatic carbocycles. The second kappa shape index (κ2) is 6.27. The number of allylic oxidation sites excluding steroid dienone is 1. The lowest BCUT2D eigenvalue weighted by Crippen LogP contribution is -2.27. The maximum absolute atomic E-state index is 12.4. The molecular formula is C16H14N2O5. The first-order valence-corrected chi connectivity index (χ1v) is 6.67. The van der Waals surface area contributed by atoms with Crippen LogP contribution in [0, 0.1) is 10.1 Å². The number of pyridine rings is 1. The highest BCUT2D eigenvalue weighted by Crippen LogP contribution is 2.23. The first-order valence-electron chi connectivity index (χ1n) is 6.67. The highest BCUT2D eigenvalue weighted by atomic mass is 16.6. The zero-order chi connectivity index (χ0) is 17.1. The second-order valence-electron chi connectivity index (χ2n) is 5.09. The number of non-ortho nitro benzene ring substituents is 1. The Hall–Kier alpha value is -3.22. The van der Waals surface area contributed by atoms with Gasteiger partial charge in [0.15, 0.2) is 0 Å². The van der Waals surface area contributed by atoms with E-state index in [0.717, 1.165) is 0 Å². The molecule has 0 aliphatic carbocycles. The third-order valence-corrected chi connectivity index (χ3v) is 3.19. The summed E-state index contributed by atoms with van der Waals surface area (Å²) >= 11 is 0. The fourth-order valence-corrected chi connectivity index (χ4v) is 2.20. The van der Waals surface area contributed by atoms with Crippen molar-refractivity contribution in [3.05, 3.63) is 74.6 Å². The fraction of sp³-hybridized carbons (Fsp3) is 0.125. The minimum atomic E-state index is -1.32. The Morgan fingerprint density at radius 3 is 2.61 bits per heavy atom. The molecule has 0 bridgehead atoms. The van der Waals surface area contributed by atoms with E-state index < -0.39 is 16.5 Å². The van der Waals surface area contributed by atoms with Crippen LogP contribution in [0.1, 0.15) is 17.3 Å². The number of carboxylic acids is 1. The molecule has 0 aliphatic rings. The zero-order valence-corrected chi connectivity index (χ0v) is 12.4. The van der Waals surface area contributed by atoms with E-state index in [4.69, 9.17) is 5.11 Å². The molecule has 0 amide bonds. The Labute approximate surface area is 131 Å². The van der Waals surface area contributed by atoms with Crippen LogP contribution in [0.25, 0.3) is 11.3 Å². The van der Waals surface area contributed by atoms with Gasteiger partial charge in [0.1, 0.15) is 5.56 Å². The molecule has 0 saturated heterocycles. The van der Waals surface area contributed by atoms with Crippen molar-refractivity contribution in [3.8, 4) is 11.3 Å². The van der Waals surface area contributed by atoms with Crippen molar-refractivity contribution >= 4 is 11.7 Å². The van der Waals surface area contributed by atoms with Gasteiger partial charge in [0.05, 0.1) is 10.6 Å². The largest absolute Gasteiger partial charge is 0.477 e. The van der Waals surface area contributed by atoms with E-state index in [1.807, 2.05) is 0 Å². The molecule has 0 unspecified atom stereocenters. The number of hydrogen-bond donors (Lipinski definition) is 1. The summed E-state index contributed by atoms with van der Waals surface area (Å²) < 4.78 is 1.25. The third kappa shape index (κ3) is 3.34. The predicted molar refractivity (Wildman–Crippen MR) is 84.6 cm³/mol. The summed E-state index contributed by atoms with van der Waals surface area (Å²) in [7, 11) is 0. The summed E-state index contributed by atoms with van der Waals surface area (Å²) in [6.07, 6.45) is 0. The van der Waals surface area contributed by atoms with E-state index in [0.29, 0.717) is 16.8 Å². The number of aromatic nitrogens is 1. The molecular weight excluding hydrogens is 300 g/mol. The number of carbonyl (C=O) groups is 1. The van der Waals surface area contributed by atoms with Gasteiger partial charge in [-0.1, -0.05) is 24.3 Å². The Bertz CT molecular complexity index is 867. The van der Waals surface area contributed by atoms with Crippen molar-refractivity contribution in [2.24, 2.45) is 0 Å². The summed E-state index contributed by atoms with van der Waals surface area (Å²) in [4.78, 5) is 33.9. The van der Waals surface area contributed by atoms with E-state index in [9.17, 15) is 19.7 Å². The zero-order valence-electron chi connectivity index (χ0n) is 12.4. The highest BCUT2D eigenvalue weighted by Gasteiger charge is 2.16. The molecule has 0 saturated carbocycles. The minimum Gasteiger partial charge on any atom is -0.477 e. The van der Waals surface area contributed by atoms with Gasteiger partial charge < -0.3 is 9.67 Å². The van der Waals surface area contributed by atoms with Crippen molar-refractivity contribution in [3.63, 3.8) is 0 Å². The van der Waals surface area contributed by atoms with Crippen LogP contribution in [0.3, 0.4) is 0 Å². The van der Waals surface area contributed by atoms with Crippen LogP contribution in [-0.2, 0) is 6.54 Å². The number of hydrogen-bond acceptors (Lipinski definition) is 4. The Morgan fingerprint density at radius 1 is 1.35 bits per heavy atom. The molecule has 1 aromatic heterocycles. The minimum absolute atomic E-state index is 0.112. The smallest absolute Gasteiger partial charge is 0.341 e. The molecule has 0 fully saturated rings. The summed E-state index contributed by atoms with van der Waals surface area (Å²) in [6.45, 7) is 5.56. The van der Waals surface area contributed by atoms with Gasteiger partial charge in [-0.3, -0.25) is 14.9 Å². The number of nitro benzene ring substituents is 1. The van der Waals surface area contributed by atoms with Crippen molar-refractivity contribution in [2.75, 3.05) is 0 Å². The van der Waals surface area contributed by atoms with Crippen molar-refractivity contribution in [2.45, 2.75) is 13.5 Å². The topological polar surface area (TPSA) is 102 Å². The quantitative estimate of drug-likeness (QED) is 0.519. The van der Waals surface area contributed by atoms with Crippen LogP contribution < -0.4 is 5.56 Å². The number of aromatic carboxylic acids is 1. The Kier molecular flexibility index (Phi) is 4.40. The molecule has 0 radical (unpaired) electrons. The second-order valence-corrected chi connectivity index (χ2v) is 5.09. The van der Waals surface area contributed by atoms with E-state index >= 15 is 0 Å². The van der Waals surface area contributed by atoms with Crippen LogP contribution in [0.4, 0.5) is 5.69 Å². The molecule has 7 heteroatoms. The Morgan fingerprint density at radius 2 is 2.04 bits per heavy atom. The summed E-state index contributed by atoms with van der Waals surface area (Å²) in [6, 6.07) is 8.48. The molecule has 7 nitrogen and oxygen atoms in total. The van der Waals surface area contributed by atoms with Gasteiger partial charge >= 0.3 is 5.97 Å². The van der Waals surface area contributed by atoms with Crippen molar-refractivity contribution < 1.29 is 14.8 Å². The van der Waals surface area contributed by atoms with E-state index in [1.165, 1.54) is 34.9 Å². The fourth-order valence-electron chi connectivity index (χ4n) is 2.20. The summed E-state index contributed by atoms with van der Waals surface area (Å²) in [5.74, 6) is -1.32. The van der Waals surface area contributed by atoms with Crippen LogP contribution in [0.15, 0.2) is 53.3 Å². The lowest BCUT2D eigenvalue weighted by atomic mass is 10.1. The standard InChI is InChI=1S/C16H14N2O5/c1-10(2)9-17-14(7-6-13(15(17)19)16(20)21)11-4-3-5-12(8-11)18(22)23/h3-8H,1,9H2,2H3,(H,20,21). The van der Waals surface area contributed by atoms with Crippen LogP contribution in [0.2, 0.25) is 0 Å². The molecule has 2 rings (SSSR count). The lowest BCUT2D eigenvalue weighted by Gasteiger charge is -2.14. The summed E-state index contributed by atoms with van der Waals surface area (Å²) in [5, 5.41) is 20.0. The third-order valence-electron chi connectivity index (χ3n) is 3.19. The van der Waals surface area contributed by atoms with Gasteiger partial charge in [-0.05, 0) is 19.1 Å². The number of benzene rings is 1. The van der Waals surface area contributed by atoms with Gasteiger partial charge in [0, 0.05) is 24.2 Å². The molecule has 0 atom stereocenters. The number of carboxylic acid groups (broad SMARTS) is 1. The predicted octanol–water partition coefficient (Wildman–Crippen LogP) is 2.70. The summed E-state index contributed by atoms with van der Waals surface area (Å²) in [5.41, 5.74) is 0.353. The van der Waals surface area contributed by atoms with Gasteiger partial charge in [-0.15, -0.1) is 0 Å². The highest BCUT2D eigenvalue weighted by molar-refractivity contribution is 5.87. The monoisotopic (exact) mass is 314 g/mol. The van der Waals surface area contributed by atoms with E-state index in [2.05, 4.69) is 6.58 Å². The average molecular weight is 314 g/mol. The number of nitro groups is 1. The molecule has 0 aliphatic heterocycles. The molecule has 1 heterocycles. The normalized spacial score (nSPS) is 10.3. The molecule has 118 valence electrons. The first kappa shape index (κ1) is 16.2. The van der Waals surface area contributed by atoms with E-state index in [-0.39, 0.29) is 17.8 Å². The van der Waals surface area contributed by atoms with Gasteiger partial charge in [-0.2, -0.15) is 0 Å². The molecule has 0 spiro atoms. The maximum Gasteiger partial charge on any atom is 0.341 e. The van der Waals surface area contributed by atoms with Crippen molar-refractivity contribution in [1.29, 1.82) is 0 Å². The molecule has 1 N–H and O–H groups in total. The number of rotatable bonds is 5. The SMILES string of the molecule is C=C(C)Cn1c(-c2cccc([N+](=O)[O-])c2)ccc(C(=O)O)c1=O. The van der Waals surface area contributed by atoms with Crippen molar-refractivity contribution in [1.82, 2.24) is 4.57 Å². The van der Waals surface area contributed by atoms with Crippen LogP contribution >= 0.6 is 0 Å². The van der Waals surface area contributed by atoms with Crippen LogP contribution in [0.5, 0.6) is 0 Å². The maximum atomic E-state index is 12.4. The van der Waals surface area contributed by atoms with Gasteiger partial charge in [-0.25, -0.2) is 4.79 Å². The van der Waals surface area contributed by atoms with E-state index in [1.54, 1.807) is 13.0 Å². The Balaban J connectivity index is 2.71. The lowest BCUT2D eigenvalue weighted by molar-refractivity contribution is -0.384. The molecule has 2 aromatic rings.